The van der Waals surface area contributed by atoms with Gasteiger partial charge in [0.1, 0.15) is 11.6 Å². The monoisotopic (exact) mass is 371 g/mol. The molecule has 6 heteroatoms. The summed E-state index contributed by atoms with van der Waals surface area (Å²) in [6.07, 6.45) is 2.20. The summed E-state index contributed by atoms with van der Waals surface area (Å²) in [5.41, 5.74) is 0.284. The van der Waals surface area contributed by atoms with Crippen LogP contribution in [0.4, 0.5) is 8.78 Å². The quantitative estimate of drug-likeness (QED) is 0.750. The van der Waals surface area contributed by atoms with Gasteiger partial charge in [0.15, 0.2) is 0 Å². The summed E-state index contributed by atoms with van der Waals surface area (Å²) in [5, 5.41) is -0.0760. The van der Waals surface area contributed by atoms with Crippen molar-refractivity contribution in [2.45, 2.75) is 32.4 Å². The van der Waals surface area contributed by atoms with Crippen LogP contribution in [0.15, 0.2) is 12.1 Å². The Bertz CT molecular complexity index is 582. The molecular formula is C19H28ClF2N3. The minimum absolute atomic E-state index is 0.0760. The van der Waals surface area contributed by atoms with Crippen LogP contribution in [0.3, 0.4) is 0 Å². The van der Waals surface area contributed by atoms with Gasteiger partial charge in [-0.25, -0.2) is 8.78 Å². The van der Waals surface area contributed by atoms with Crippen molar-refractivity contribution in [1.82, 2.24) is 14.7 Å². The van der Waals surface area contributed by atoms with Gasteiger partial charge in [-0.3, -0.25) is 9.80 Å². The van der Waals surface area contributed by atoms with Crippen LogP contribution < -0.4 is 0 Å². The molecular weight excluding hydrogens is 344 g/mol. The lowest BCUT2D eigenvalue weighted by atomic mass is 9.89. The molecule has 2 aliphatic heterocycles. The average Bonchev–Trinajstić information content (AvgIpc) is 2.62. The molecule has 0 aliphatic carbocycles. The average molecular weight is 372 g/mol. The Morgan fingerprint density at radius 1 is 1.04 bits per heavy atom. The lowest BCUT2D eigenvalue weighted by molar-refractivity contribution is 0.0596. The Balaban J connectivity index is 1.53. The third kappa shape index (κ3) is 4.51. The molecule has 0 radical (unpaired) electrons. The number of nitrogens with zero attached hydrogens (tertiary/aromatic N) is 3. The molecule has 2 aliphatic rings. The predicted octanol–water partition coefficient (Wildman–Crippen LogP) is 3.47. The molecule has 1 atom stereocenters. The van der Waals surface area contributed by atoms with Crippen molar-refractivity contribution in [3.05, 3.63) is 34.4 Å². The summed E-state index contributed by atoms with van der Waals surface area (Å²) in [6, 6.07) is 2.84. The van der Waals surface area contributed by atoms with Gasteiger partial charge in [-0.1, -0.05) is 11.6 Å². The summed E-state index contributed by atoms with van der Waals surface area (Å²) in [7, 11) is 2.18. The summed E-state index contributed by atoms with van der Waals surface area (Å²) in [4.78, 5) is 7.17. The van der Waals surface area contributed by atoms with Crippen molar-refractivity contribution >= 4 is 11.6 Å². The highest BCUT2D eigenvalue weighted by molar-refractivity contribution is 6.31. The first-order valence-corrected chi connectivity index (χ1v) is 9.61. The van der Waals surface area contributed by atoms with Gasteiger partial charge in [0.05, 0.1) is 5.02 Å². The van der Waals surface area contributed by atoms with Gasteiger partial charge >= 0.3 is 0 Å². The lowest BCUT2D eigenvalue weighted by Gasteiger charge is -2.42. The molecule has 1 aromatic rings. The van der Waals surface area contributed by atoms with E-state index in [1.807, 2.05) is 0 Å². The molecule has 3 nitrogen and oxygen atoms in total. The first-order chi connectivity index (χ1) is 12.0. The summed E-state index contributed by atoms with van der Waals surface area (Å²) >= 11 is 5.96. The van der Waals surface area contributed by atoms with Gasteiger partial charge in [-0.2, -0.15) is 0 Å². The van der Waals surface area contributed by atoms with E-state index in [1.165, 1.54) is 6.07 Å². The summed E-state index contributed by atoms with van der Waals surface area (Å²) in [6.45, 7) is 9.11. The minimum atomic E-state index is -0.545. The number of hydrogen-bond acceptors (Lipinski definition) is 3. The fourth-order valence-electron chi connectivity index (χ4n) is 4.06. The Labute approximate surface area is 154 Å². The van der Waals surface area contributed by atoms with Gasteiger partial charge in [0, 0.05) is 44.3 Å². The molecule has 0 bridgehead atoms. The van der Waals surface area contributed by atoms with Crippen LogP contribution in [0, 0.1) is 17.6 Å². The van der Waals surface area contributed by atoms with Crippen molar-refractivity contribution in [2.24, 2.45) is 5.92 Å². The van der Waals surface area contributed by atoms with Gasteiger partial charge in [-0.15, -0.1) is 0 Å². The summed E-state index contributed by atoms with van der Waals surface area (Å²) < 4.78 is 27.6. The molecule has 140 valence electrons. The highest BCUT2D eigenvalue weighted by atomic mass is 35.5. The van der Waals surface area contributed by atoms with E-state index in [1.54, 1.807) is 0 Å². The predicted molar refractivity (Wildman–Crippen MR) is 97.9 cm³/mol. The van der Waals surface area contributed by atoms with Gasteiger partial charge in [-0.05, 0) is 58.0 Å². The zero-order valence-corrected chi connectivity index (χ0v) is 15.9. The van der Waals surface area contributed by atoms with E-state index in [0.29, 0.717) is 18.5 Å². The van der Waals surface area contributed by atoms with Gasteiger partial charge < -0.3 is 4.90 Å². The number of rotatable bonds is 4. The fourth-order valence-corrected chi connectivity index (χ4v) is 4.27. The standard InChI is InChI=1S/C19H28ClF2N3/c1-14(25-11-9-23(2)10-12-25)15-5-7-24(8-6-15)13-16-17(21)3-4-18(22)19(16)20/h3-4,14-15H,5-13H2,1-2H3/t14-/m0/s1. The maximum Gasteiger partial charge on any atom is 0.142 e. The SMILES string of the molecule is C[C@@H](C1CCN(Cc2c(F)ccc(F)c2Cl)CC1)N1CCN(C)CC1. The van der Waals surface area contributed by atoms with Crippen LogP contribution in [-0.2, 0) is 6.54 Å². The van der Waals surface area contributed by atoms with E-state index in [-0.39, 0.29) is 10.6 Å². The Hall–Kier alpha value is -0.750. The molecule has 0 aromatic heterocycles. The molecule has 25 heavy (non-hydrogen) atoms. The number of hydrogen-bond donors (Lipinski definition) is 0. The molecule has 0 unspecified atom stereocenters. The second-order valence-corrected chi connectivity index (χ2v) is 7.89. The normalized spacial score (nSPS) is 23.1. The largest absolute Gasteiger partial charge is 0.304 e. The number of benzene rings is 1. The zero-order chi connectivity index (χ0) is 18.0. The highest BCUT2D eigenvalue weighted by Crippen LogP contribution is 2.28. The van der Waals surface area contributed by atoms with E-state index >= 15 is 0 Å². The van der Waals surface area contributed by atoms with Gasteiger partial charge in [0.2, 0.25) is 0 Å². The van der Waals surface area contributed by atoms with Crippen molar-refractivity contribution in [2.75, 3.05) is 46.3 Å². The number of piperazine rings is 1. The second-order valence-electron chi connectivity index (χ2n) is 7.52. The third-order valence-electron chi connectivity index (χ3n) is 5.95. The Morgan fingerprint density at radius 2 is 1.64 bits per heavy atom. The Kier molecular flexibility index (Phi) is 6.31. The van der Waals surface area contributed by atoms with E-state index in [4.69, 9.17) is 11.6 Å². The highest BCUT2D eigenvalue weighted by Gasteiger charge is 2.29. The van der Waals surface area contributed by atoms with Crippen molar-refractivity contribution in [3.8, 4) is 0 Å². The van der Waals surface area contributed by atoms with E-state index in [2.05, 4.69) is 28.7 Å². The molecule has 1 aromatic carbocycles. The van der Waals surface area contributed by atoms with Crippen LogP contribution in [0.1, 0.15) is 25.3 Å². The van der Waals surface area contributed by atoms with Crippen LogP contribution in [0.25, 0.3) is 0 Å². The molecule has 2 fully saturated rings. The summed E-state index contributed by atoms with van der Waals surface area (Å²) in [5.74, 6) is -0.288. The molecule has 2 heterocycles. The third-order valence-corrected chi connectivity index (χ3v) is 6.36. The van der Waals surface area contributed by atoms with Crippen molar-refractivity contribution in [3.63, 3.8) is 0 Å². The van der Waals surface area contributed by atoms with E-state index in [9.17, 15) is 8.78 Å². The Morgan fingerprint density at radius 3 is 2.28 bits per heavy atom. The number of halogens is 3. The number of piperidine rings is 1. The van der Waals surface area contributed by atoms with Crippen molar-refractivity contribution in [1.29, 1.82) is 0 Å². The fraction of sp³-hybridized carbons (Fsp3) is 0.684. The first kappa shape index (κ1) is 19.0. The smallest absolute Gasteiger partial charge is 0.142 e. The maximum absolute atomic E-state index is 14.0. The van der Waals surface area contributed by atoms with Crippen LogP contribution >= 0.6 is 11.6 Å². The van der Waals surface area contributed by atoms with Crippen LogP contribution in [0.2, 0.25) is 5.02 Å². The lowest BCUT2D eigenvalue weighted by Crippen LogP contribution is -2.51. The molecule has 2 saturated heterocycles. The maximum atomic E-state index is 14.0. The van der Waals surface area contributed by atoms with E-state index < -0.39 is 11.6 Å². The number of likely N-dealkylation sites (N-methyl/N-ethyl adjacent to an activating group) is 1. The molecule has 0 saturated carbocycles. The molecule has 0 spiro atoms. The van der Waals surface area contributed by atoms with Crippen LogP contribution in [-0.4, -0.2) is 67.1 Å². The zero-order valence-electron chi connectivity index (χ0n) is 15.1. The first-order valence-electron chi connectivity index (χ1n) is 9.23. The number of likely N-dealkylation sites (tertiary alicyclic amines) is 1. The molecule has 3 rings (SSSR count). The van der Waals surface area contributed by atoms with E-state index in [0.717, 1.165) is 58.2 Å². The van der Waals surface area contributed by atoms with Crippen LogP contribution in [0.5, 0.6) is 0 Å². The molecule has 0 N–H and O–H groups in total. The van der Waals surface area contributed by atoms with Gasteiger partial charge in [0.25, 0.3) is 0 Å². The minimum Gasteiger partial charge on any atom is -0.304 e. The topological polar surface area (TPSA) is 9.72 Å². The second kappa shape index (κ2) is 8.30. The van der Waals surface area contributed by atoms with Crippen molar-refractivity contribution < 1.29 is 8.78 Å². The molecule has 0 amide bonds.